The Morgan fingerprint density at radius 1 is 0.333 bits per heavy atom. The molecule has 0 saturated carbocycles. The van der Waals surface area contributed by atoms with Gasteiger partial charge in [-0.2, -0.15) is 0 Å². The largest absolute Gasteiger partial charge is 0.288 e. The van der Waals surface area contributed by atoms with E-state index >= 15 is 0 Å². The molecule has 2 nitrogen and oxygen atoms in total. The minimum absolute atomic E-state index is 0.100. The van der Waals surface area contributed by atoms with Gasteiger partial charge < -0.3 is 0 Å². The molecule has 0 aliphatic heterocycles. The van der Waals surface area contributed by atoms with E-state index in [2.05, 4.69) is 48.5 Å². The highest BCUT2D eigenvalue weighted by Gasteiger charge is 2.25. The molecule has 0 fully saturated rings. The van der Waals surface area contributed by atoms with Crippen molar-refractivity contribution in [2.24, 2.45) is 0 Å². The summed E-state index contributed by atoms with van der Waals surface area (Å²) in [4.78, 5) is 28.7. The average Bonchev–Trinajstić information content (AvgIpc) is 2.94. The SMILES string of the molecule is O=c1c2ccccc2[s+](-c2ccc(-[s+]3c4ccccc4c(=O)c4ccccc43)cc2)c2ccccc12. The quantitative estimate of drug-likeness (QED) is 0.176. The second kappa shape index (κ2) is 8.23. The van der Waals surface area contributed by atoms with Gasteiger partial charge in [-0.1, -0.05) is 48.5 Å². The molecule has 36 heavy (non-hydrogen) atoms. The monoisotopic (exact) mass is 500 g/mol. The summed E-state index contributed by atoms with van der Waals surface area (Å²) in [7, 11) is -0.719. The van der Waals surface area contributed by atoms with Gasteiger partial charge in [-0.05, 0) is 48.5 Å². The first-order valence-electron chi connectivity index (χ1n) is 11.8. The Hall–Kier alpha value is -4.12. The molecule has 2 heterocycles. The molecule has 0 N–H and O–H groups in total. The Morgan fingerprint density at radius 2 is 0.583 bits per heavy atom. The molecule has 0 atom stereocenters. The molecule has 0 unspecified atom stereocenters. The molecule has 7 aromatic rings. The fourth-order valence-electron chi connectivity index (χ4n) is 5.08. The molecule has 4 heteroatoms. The Kier molecular flexibility index (Phi) is 4.84. The second-order valence-corrected chi connectivity index (χ2v) is 12.7. The number of benzene rings is 5. The highest BCUT2D eigenvalue weighted by Crippen LogP contribution is 2.47. The van der Waals surface area contributed by atoms with E-state index in [4.69, 9.17) is 0 Å². The lowest BCUT2D eigenvalue weighted by Crippen LogP contribution is -2.02. The average molecular weight is 501 g/mol. The summed E-state index contributed by atoms with van der Waals surface area (Å²) in [5, 5.41) is 3.16. The van der Waals surface area contributed by atoms with Crippen LogP contribution < -0.4 is 10.9 Å². The highest BCUT2D eigenvalue weighted by molar-refractivity contribution is 7.50. The van der Waals surface area contributed by atoms with Crippen LogP contribution in [0.3, 0.4) is 0 Å². The minimum atomic E-state index is -0.360. The third-order valence-corrected chi connectivity index (χ3v) is 11.4. The van der Waals surface area contributed by atoms with Gasteiger partial charge in [-0.3, -0.25) is 9.59 Å². The van der Waals surface area contributed by atoms with Crippen molar-refractivity contribution in [2.45, 2.75) is 0 Å². The topological polar surface area (TPSA) is 34.1 Å². The van der Waals surface area contributed by atoms with Crippen molar-refractivity contribution in [1.29, 1.82) is 0 Å². The lowest BCUT2D eigenvalue weighted by atomic mass is 10.2. The van der Waals surface area contributed by atoms with Crippen molar-refractivity contribution in [3.63, 3.8) is 0 Å². The summed E-state index contributed by atoms with van der Waals surface area (Å²) in [5.41, 5.74) is 0.200. The molecule has 2 aromatic heterocycles. The van der Waals surface area contributed by atoms with E-state index in [1.807, 2.05) is 72.8 Å². The molecule has 0 bridgehead atoms. The van der Waals surface area contributed by atoms with Gasteiger partial charge in [0, 0.05) is 45.2 Å². The summed E-state index contributed by atoms with van der Waals surface area (Å²) in [6, 6.07) is 40.7. The fraction of sp³-hybridized carbons (Fsp3) is 0. The van der Waals surface area contributed by atoms with Crippen molar-refractivity contribution in [2.75, 3.05) is 0 Å². The van der Waals surface area contributed by atoms with Crippen molar-refractivity contribution in [1.82, 2.24) is 0 Å². The Morgan fingerprint density at radius 3 is 0.861 bits per heavy atom. The van der Waals surface area contributed by atoms with Crippen LogP contribution in [0.25, 0.3) is 50.1 Å². The van der Waals surface area contributed by atoms with E-state index < -0.39 is 0 Å². The van der Waals surface area contributed by atoms with Crippen molar-refractivity contribution in [3.05, 3.63) is 142 Å². The first kappa shape index (κ1) is 21.2. The van der Waals surface area contributed by atoms with Crippen LogP contribution in [0.4, 0.5) is 0 Å². The molecule has 0 aliphatic rings. The van der Waals surface area contributed by atoms with E-state index in [0.29, 0.717) is 0 Å². The lowest BCUT2D eigenvalue weighted by molar-refractivity contribution is 1.73. The first-order valence-corrected chi connectivity index (χ1v) is 14.2. The van der Waals surface area contributed by atoms with Gasteiger partial charge in [0.05, 0.1) is 21.5 Å². The van der Waals surface area contributed by atoms with Gasteiger partial charge in [-0.25, -0.2) is 0 Å². The van der Waals surface area contributed by atoms with Crippen LogP contribution in [0.2, 0.25) is 0 Å². The summed E-state index contributed by atoms with van der Waals surface area (Å²) in [6.07, 6.45) is 0. The number of hydrogen-bond acceptors (Lipinski definition) is 2. The summed E-state index contributed by atoms with van der Waals surface area (Å²) in [6.45, 7) is 0. The molecule has 170 valence electrons. The predicted octanol–water partition coefficient (Wildman–Crippen LogP) is 8.50. The van der Waals surface area contributed by atoms with Gasteiger partial charge >= 0.3 is 0 Å². The van der Waals surface area contributed by atoms with Gasteiger partial charge in [0.2, 0.25) is 10.9 Å². The highest BCUT2D eigenvalue weighted by atomic mass is 32.2. The van der Waals surface area contributed by atoms with Gasteiger partial charge in [0.1, 0.15) is 0 Å². The minimum Gasteiger partial charge on any atom is -0.288 e. The molecule has 0 radical (unpaired) electrons. The molecule has 0 aliphatic carbocycles. The van der Waals surface area contributed by atoms with Crippen LogP contribution in [0.5, 0.6) is 0 Å². The summed E-state index contributed by atoms with van der Waals surface area (Å²) in [5.74, 6) is 0. The van der Waals surface area contributed by atoms with Crippen molar-refractivity contribution >= 4 is 61.3 Å². The number of hydrogen-bond donors (Lipinski definition) is 0. The third kappa shape index (κ3) is 3.08. The van der Waals surface area contributed by atoms with Gasteiger partial charge in [-0.15, -0.1) is 0 Å². The predicted molar refractivity (Wildman–Crippen MR) is 157 cm³/mol. The molecule has 5 aromatic carbocycles. The van der Waals surface area contributed by atoms with Crippen LogP contribution in [-0.4, -0.2) is 0 Å². The molecular weight excluding hydrogens is 480 g/mol. The van der Waals surface area contributed by atoms with Crippen LogP contribution in [-0.2, 0) is 0 Å². The van der Waals surface area contributed by atoms with Gasteiger partial charge in [0.25, 0.3) is 0 Å². The maximum Gasteiger partial charge on any atom is 0.203 e. The second-order valence-electron chi connectivity index (χ2n) is 8.73. The fourth-order valence-corrected chi connectivity index (χ4v) is 9.76. The molecular formula is C32H20O2S2+2. The van der Waals surface area contributed by atoms with E-state index in [0.717, 1.165) is 40.3 Å². The standard InChI is InChI=1S/C32H20O2S2/c33-31-23-9-1-5-13-27(23)35(28-14-6-2-10-24(28)31)21-17-19-22(20-18-21)36-29-15-7-3-11-25(29)32(34)26-12-4-8-16-30(26)36/h1-20H/q+2. The Labute approximate surface area is 212 Å². The van der Waals surface area contributed by atoms with Crippen LogP contribution in [0.1, 0.15) is 0 Å². The maximum absolute atomic E-state index is 13.2. The van der Waals surface area contributed by atoms with Crippen LogP contribution in [0, 0.1) is 0 Å². The van der Waals surface area contributed by atoms with E-state index in [9.17, 15) is 9.59 Å². The van der Waals surface area contributed by atoms with Crippen LogP contribution >= 0.6 is 20.9 Å². The smallest absolute Gasteiger partial charge is 0.203 e. The molecule has 0 amide bonds. The maximum atomic E-state index is 13.2. The van der Waals surface area contributed by atoms with Crippen LogP contribution in [0.15, 0.2) is 131 Å². The van der Waals surface area contributed by atoms with E-state index in [1.54, 1.807) is 0 Å². The summed E-state index contributed by atoms with van der Waals surface area (Å²) >= 11 is 0. The normalized spacial score (nSPS) is 11.6. The third-order valence-electron chi connectivity index (χ3n) is 6.70. The van der Waals surface area contributed by atoms with Gasteiger partial charge in [0.15, 0.2) is 28.6 Å². The van der Waals surface area contributed by atoms with E-state index in [1.165, 1.54) is 9.79 Å². The molecule has 7 rings (SSSR count). The number of fused-ring (bicyclic) bond motifs is 4. The Balaban J connectivity index is 1.52. The zero-order valence-electron chi connectivity index (χ0n) is 19.2. The molecule has 0 spiro atoms. The zero-order valence-corrected chi connectivity index (χ0v) is 20.8. The first-order chi connectivity index (χ1) is 17.7. The van der Waals surface area contributed by atoms with E-state index in [-0.39, 0.29) is 31.8 Å². The van der Waals surface area contributed by atoms with Crippen molar-refractivity contribution < 1.29 is 0 Å². The Bertz CT molecular complexity index is 1810. The lowest BCUT2D eigenvalue weighted by Gasteiger charge is -2.04. The zero-order chi connectivity index (χ0) is 24.2. The molecule has 0 saturated heterocycles. The summed E-state index contributed by atoms with van der Waals surface area (Å²) < 4.78 is 4.32. The van der Waals surface area contributed by atoms with Crippen molar-refractivity contribution in [3.8, 4) is 9.79 Å². The number of rotatable bonds is 2.